The van der Waals surface area contributed by atoms with E-state index < -0.39 is 16.1 Å². The highest BCUT2D eigenvalue weighted by molar-refractivity contribution is 7.89. The van der Waals surface area contributed by atoms with Gasteiger partial charge >= 0.3 is 6.01 Å². The van der Waals surface area contributed by atoms with E-state index in [1.165, 1.54) is 7.11 Å². The van der Waals surface area contributed by atoms with Crippen molar-refractivity contribution in [2.24, 2.45) is 0 Å². The van der Waals surface area contributed by atoms with Crippen molar-refractivity contribution in [3.05, 3.63) is 35.2 Å². The van der Waals surface area contributed by atoms with Gasteiger partial charge in [0.15, 0.2) is 5.82 Å². The molecule has 23 heavy (non-hydrogen) atoms. The fourth-order valence-electron chi connectivity index (χ4n) is 2.30. The molecule has 1 heterocycles. The summed E-state index contributed by atoms with van der Waals surface area (Å²) in [6.45, 7) is 8.06. The number of ether oxygens (including phenoxy) is 1. The van der Waals surface area contributed by atoms with Crippen LogP contribution in [0.25, 0.3) is 0 Å². The number of nitrogens with one attached hydrogen (secondary N) is 1. The van der Waals surface area contributed by atoms with Crippen molar-refractivity contribution < 1.29 is 13.2 Å². The number of aromatic nitrogens is 3. The van der Waals surface area contributed by atoms with Gasteiger partial charge in [0.2, 0.25) is 10.0 Å². The van der Waals surface area contributed by atoms with E-state index in [9.17, 15) is 8.42 Å². The minimum Gasteiger partial charge on any atom is -0.467 e. The van der Waals surface area contributed by atoms with Gasteiger partial charge in [-0.05, 0) is 51.0 Å². The van der Waals surface area contributed by atoms with Crippen molar-refractivity contribution in [3.8, 4) is 6.01 Å². The van der Waals surface area contributed by atoms with Gasteiger partial charge in [0, 0.05) is 6.54 Å². The molecule has 0 saturated carbocycles. The van der Waals surface area contributed by atoms with E-state index in [0.29, 0.717) is 18.4 Å². The van der Waals surface area contributed by atoms with Crippen molar-refractivity contribution in [1.82, 2.24) is 19.5 Å². The summed E-state index contributed by atoms with van der Waals surface area (Å²) >= 11 is 0. The lowest BCUT2D eigenvalue weighted by Gasteiger charge is -2.15. The van der Waals surface area contributed by atoms with E-state index in [1.807, 2.05) is 20.8 Å². The third-order valence-electron chi connectivity index (χ3n) is 3.75. The minimum atomic E-state index is -3.64. The predicted molar refractivity (Wildman–Crippen MR) is 86.9 cm³/mol. The molecule has 0 fully saturated rings. The summed E-state index contributed by atoms with van der Waals surface area (Å²) in [5, 5.41) is 7.94. The molecule has 126 valence electrons. The van der Waals surface area contributed by atoms with Crippen LogP contribution in [0.2, 0.25) is 0 Å². The molecule has 0 aliphatic rings. The molecule has 0 radical (unpaired) electrons. The monoisotopic (exact) mass is 338 g/mol. The molecule has 0 bridgehead atoms. The average molecular weight is 338 g/mol. The minimum absolute atomic E-state index is 0.238. The van der Waals surface area contributed by atoms with Gasteiger partial charge in [-0.3, -0.25) is 4.57 Å². The van der Waals surface area contributed by atoms with Crippen LogP contribution in [-0.4, -0.2) is 30.3 Å². The number of benzene rings is 1. The van der Waals surface area contributed by atoms with Crippen molar-refractivity contribution in [1.29, 1.82) is 0 Å². The number of hydrogen-bond donors (Lipinski definition) is 1. The van der Waals surface area contributed by atoms with Gasteiger partial charge in [-0.1, -0.05) is 11.2 Å². The van der Waals surface area contributed by atoms with Crippen LogP contribution in [0.5, 0.6) is 6.01 Å². The van der Waals surface area contributed by atoms with Crippen molar-refractivity contribution >= 4 is 10.0 Å². The van der Waals surface area contributed by atoms with Crippen molar-refractivity contribution in [2.45, 2.75) is 45.2 Å². The molecule has 7 nitrogen and oxygen atoms in total. The highest BCUT2D eigenvalue weighted by Gasteiger charge is 2.23. The number of sulfonamides is 1. The summed E-state index contributed by atoms with van der Waals surface area (Å²) in [4.78, 5) is 0.238. The summed E-state index contributed by atoms with van der Waals surface area (Å²) in [5.41, 5.74) is 1.98. The second-order valence-corrected chi connectivity index (χ2v) is 7.09. The Bertz CT molecular complexity index is 799. The van der Waals surface area contributed by atoms with Gasteiger partial charge in [-0.25, -0.2) is 13.1 Å². The number of methoxy groups -OCH3 is 1. The molecule has 0 aliphatic heterocycles. The predicted octanol–water partition coefficient (Wildman–Crippen LogP) is 1.96. The number of aryl methyl sites for hydroxylation is 2. The van der Waals surface area contributed by atoms with Crippen molar-refractivity contribution in [2.75, 3.05) is 7.11 Å². The Morgan fingerprint density at radius 2 is 1.96 bits per heavy atom. The Hall–Kier alpha value is -1.93. The standard InChI is InChI=1S/C15H22N4O3S/c1-6-19-14(16-17-15(19)22-5)12(4)18-23(20,21)13-8-7-10(2)11(3)9-13/h7-9,12,18H,6H2,1-5H3/t12-/m1/s1. The van der Waals surface area contributed by atoms with Gasteiger partial charge in [0.1, 0.15) is 0 Å². The molecular formula is C15H22N4O3S. The fraction of sp³-hybridized carbons (Fsp3) is 0.467. The topological polar surface area (TPSA) is 86.1 Å². The zero-order chi connectivity index (χ0) is 17.2. The summed E-state index contributed by atoms with van der Waals surface area (Å²) in [6, 6.07) is 4.89. The first-order valence-electron chi connectivity index (χ1n) is 7.36. The molecule has 1 N–H and O–H groups in total. The van der Waals surface area contributed by atoms with E-state index in [0.717, 1.165) is 11.1 Å². The smallest absolute Gasteiger partial charge is 0.316 e. The highest BCUT2D eigenvalue weighted by Crippen LogP contribution is 2.20. The Morgan fingerprint density at radius 1 is 1.26 bits per heavy atom. The second-order valence-electron chi connectivity index (χ2n) is 5.38. The van der Waals surface area contributed by atoms with Crippen LogP contribution in [0.1, 0.15) is 36.8 Å². The average Bonchev–Trinajstić information content (AvgIpc) is 2.92. The maximum atomic E-state index is 12.6. The molecule has 1 atom stereocenters. The molecule has 0 saturated heterocycles. The number of nitrogens with zero attached hydrogens (tertiary/aromatic N) is 3. The van der Waals surface area contributed by atoms with Gasteiger partial charge in [-0.15, -0.1) is 5.10 Å². The number of hydrogen-bond acceptors (Lipinski definition) is 5. The molecule has 0 amide bonds. The lowest BCUT2D eigenvalue weighted by Crippen LogP contribution is -2.29. The SMILES string of the molecule is CCn1c(OC)nnc1[C@@H](C)NS(=O)(=O)c1ccc(C)c(C)c1. The van der Waals surface area contributed by atoms with Gasteiger partial charge in [-0.2, -0.15) is 0 Å². The molecule has 2 rings (SSSR count). The molecule has 2 aromatic rings. The largest absolute Gasteiger partial charge is 0.467 e. The Morgan fingerprint density at radius 3 is 2.52 bits per heavy atom. The summed E-state index contributed by atoms with van der Waals surface area (Å²) in [6.07, 6.45) is 0. The van der Waals surface area contributed by atoms with E-state index in [4.69, 9.17) is 4.74 Å². The van der Waals surface area contributed by atoms with E-state index in [1.54, 1.807) is 29.7 Å². The maximum Gasteiger partial charge on any atom is 0.316 e. The third-order valence-corrected chi connectivity index (χ3v) is 5.29. The van der Waals surface area contributed by atoms with Crippen LogP contribution in [0.15, 0.2) is 23.1 Å². The molecule has 0 spiro atoms. The molecule has 0 aliphatic carbocycles. The van der Waals surface area contributed by atoms with E-state index in [2.05, 4.69) is 14.9 Å². The van der Waals surface area contributed by atoms with Crippen LogP contribution >= 0.6 is 0 Å². The second kappa shape index (κ2) is 6.67. The summed E-state index contributed by atoms with van der Waals surface area (Å²) < 4.78 is 34.6. The zero-order valence-electron chi connectivity index (χ0n) is 14.0. The maximum absolute atomic E-state index is 12.6. The first-order chi connectivity index (χ1) is 10.8. The fourth-order valence-corrected chi connectivity index (χ4v) is 3.59. The zero-order valence-corrected chi connectivity index (χ0v) is 14.8. The molecule has 1 aromatic heterocycles. The molecule has 1 aromatic carbocycles. The van der Waals surface area contributed by atoms with Gasteiger partial charge in [0.25, 0.3) is 0 Å². The van der Waals surface area contributed by atoms with Crippen molar-refractivity contribution in [3.63, 3.8) is 0 Å². The lowest BCUT2D eigenvalue weighted by atomic mass is 10.1. The molecule has 8 heteroatoms. The van der Waals surface area contributed by atoms with Gasteiger partial charge < -0.3 is 4.74 Å². The Labute approximate surface area is 136 Å². The first kappa shape index (κ1) is 17.4. The first-order valence-corrected chi connectivity index (χ1v) is 8.85. The Kier molecular flexibility index (Phi) is 5.06. The van der Waals surface area contributed by atoms with E-state index in [-0.39, 0.29) is 4.90 Å². The third kappa shape index (κ3) is 3.53. The van der Waals surface area contributed by atoms with Crippen LogP contribution in [0.4, 0.5) is 0 Å². The summed E-state index contributed by atoms with van der Waals surface area (Å²) in [5.74, 6) is 0.511. The molecule has 0 unspecified atom stereocenters. The number of rotatable bonds is 6. The van der Waals surface area contributed by atoms with Crippen LogP contribution < -0.4 is 9.46 Å². The summed E-state index contributed by atoms with van der Waals surface area (Å²) in [7, 11) is -2.14. The van der Waals surface area contributed by atoms with E-state index >= 15 is 0 Å². The normalized spacial score (nSPS) is 13.1. The lowest BCUT2D eigenvalue weighted by molar-refractivity contribution is 0.354. The van der Waals surface area contributed by atoms with Crippen LogP contribution in [0.3, 0.4) is 0 Å². The highest BCUT2D eigenvalue weighted by atomic mass is 32.2. The molecular weight excluding hydrogens is 316 g/mol. The van der Waals surface area contributed by atoms with Crippen LogP contribution in [0, 0.1) is 13.8 Å². The van der Waals surface area contributed by atoms with Gasteiger partial charge in [0.05, 0.1) is 18.0 Å². The quantitative estimate of drug-likeness (QED) is 0.870. The van der Waals surface area contributed by atoms with Crippen LogP contribution in [-0.2, 0) is 16.6 Å². The Balaban J connectivity index is 2.29.